The van der Waals surface area contributed by atoms with Gasteiger partial charge in [-0.05, 0) is 74.2 Å². The average Bonchev–Trinajstić information content (AvgIpc) is 3.07. The van der Waals surface area contributed by atoms with E-state index >= 15 is 0 Å². The number of hydrogen-bond acceptors (Lipinski definition) is 6. The molecule has 1 fully saturated rings. The number of benzene rings is 2. The molecule has 2 aliphatic heterocycles. The molecule has 3 heterocycles. The maximum atomic E-state index is 13.5. The summed E-state index contributed by atoms with van der Waals surface area (Å²) in [4.78, 5) is 18.8. The highest BCUT2D eigenvalue weighted by Gasteiger charge is 2.48. The Kier molecular flexibility index (Phi) is 7.66. The second-order valence-electron chi connectivity index (χ2n) is 12.1. The SMILES string of the molecule is CC(C)(Oc1ccc2c(c1)/C(=C/CCN1CC[C@](O)(c3ccc(F)cc3)C(C)(C)C1)c1cccnc1CO2)C(N)=O. The number of halogens is 1. The Morgan fingerprint density at radius 1 is 1.20 bits per heavy atom. The average molecular weight is 560 g/mol. The van der Waals surface area contributed by atoms with Crippen LogP contribution < -0.4 is 15.2 Å². The van der Waals surface area contributed by atoms with Crippen LogP contribution in [0.3, 0.4) is 0 Å². The molecule has 5 rings (SSSR count). The number of primary amides is 1. The lowest BCUT2D eigenvalue weighted by Crippen LogP contribution is -2.55. The first kappa shape index (κ1) is 28.8. The van der Waals surface area contributed by atoms with Gasteiger partial charge in [-0.15, -0.1) is 0 Å². The van der Waals surface area contributed by atoms with Crippen LogP contribution in [0.1, 0.15) is 62.9 Å². The first-order valence-corrected chi connectivity index (χ1v) is 14.0. The molecule has 0 spiro atoms. The Labute approximate surface area is 240 Å². The van der Waals surface area contributed by atoms with Gasteiger partial charge in [0.1, 0.15) is 23.9 Å². The van der Waals surface area contributed by atoms with E-state index < -0.39 is 22.5 Å². The third kappa shape index (κ3) is 5.72. The van der Waals surface area contributed by atoms with E-state index in [2.05, 4.69) is 29.8 Å². The van der Waals surface area contributed by atoms with Crippen molar-refractivity contribution < 1.29 is 23.8 Å². The predicted molar refractivity (Wildman–Crippen MR) is 156 cm³/mol. The highest BCUT2D eigenvalue weighted by Crippen LogP contribution is 2.46. The Hall–Kier alpha value is -3.75. The molecule has 0 bridgehead atoms. The number of nitrogens with two attached hydrogens (primary N) is 1. The van der Waals surface area contributed by atoms with Gasteiger partial charge in [0.15, 0.2) is 5.60 Å². The highest BCUT2D eigenvalue weighted by atomic mass is 19.1. The molecule has 3 aromatic rings. The van der Waals surface area contributed by atoms with Gasteiger partial charge in [-0.3, -0.25) is 9.78 Å². The molecule has 1 amide bonds. The van der Waals surface area contributed by atoms with Gasteiger partial charge < -0.3 is 25.2 Å². The topological polar surface area (TPSA) is 97.9 Å². The van der Waals surface area contributed by atoms with Crippen molar-refractivity contribution in [1.82, 2.24) is 9.88 Å². The van der Waals surface area contributed by atoms with Gasteiger partial charge in [-0.1, -0.05) is 38.1 Å². The van der Waals surface area contributed by atoms with Crippen LogP contribution in [0.2, 0.25) is 0 Å². The van der Waals surface area contributed by atoms with Crippen LogP contribution in [0.15, 0.2) is 66.9 Å². The lowest BCUT2D eigenvalue weighted by Gasteiger charge is -2.50. The molecule has 2 aliphatic rings. The molecular weight excluding hydrogens is 521 g/mol. The second-order valence-corrected chi connectivity index (χ2v) is 12.1. The summed E-state index contributed by atoms with van der Waals surface area (Å²) in [7, 11) is 0. The van der Waals surface area contributed by atoms with Crippen molar-refractivity contribution in [2.45, 2.75) is 58.3 Å². The van der Waals surface area contributed by atoms with Crippen molar-refractivity contribution in [3.05, 3.63) is 95.1 Å². The third-order valence-electron chi connectivity index (χ3n) is 8.40. The number of aliphatic hydroxyl groups is 1. The molecule has 0 radical (unpaired) electrons. The summed E-state index contributed by atoms with van der Waals surface area (Å²) < 4.78 is 25.6. The number of aromatic nitrogens is 1. The number of hydrogen-bond donors (Lipinski definition) is 2. The molecule has 1 atom stereocenters. The third-order valence-corrected chi connectivity index (χ3v) is 8.40. The molecule has 216 valence electrons. The lowest BCUT2D eigenvalue weighted by atomic mass is 9.66. The summed E-state index contributed by atoms with van der Waals surface area (Å²) >= 11 is 0. The molecule has 1 saturated heterocycles. The molecule has 1 aromatic heterocycles. The lowest BCUT2D eigenvalue weighted by molar-refractivity contribution is -0.130. The van der Waals surface area contributed by atoms with E-state index in [4.69, 9.17) is 15.2 Å². The minimum Gasteiger partial charge on any atom is -0.487 e. The number of fused-ring (bicyclic) bond motifs is 2. The fourth-order valence-corrected chi connectivity index (χ4v) is 5.83. The van der Waals surface area contributed by atoms with Crippen LogP contribution in [-0.2, 0) is 17.0 Å². The number of rotatable bonds is 7. The molecule has 41 heavy (non-hydrogen) atoms. The van der Waals surface area contributed by atoms with Gasteiger partial charge in [-0.2, -0.15) is 0 Å². The number of carbonyl (C=O) groups is 1. The van der Waals surface area contributed by atoms with Crippen molar-refractivity contribution in [3.63, 3.8) is 0 Å². The van der Waals surface area contributed by atoms with E-state index in [1.165, 1.54) is 12.1 Å². The Bertz CT molecular complexity index is 1470. The largest absolute Gasteiger partial charge is 0.487 e. The number of likely N-dealkylation sites (tertiary alicyclic amines) is 1. The summed E-state index contributed by atoms with van der Waals surface area (Å²) in [6.45, 7) is 9.97. The summed E-state index contributed by atoms with van der Waals surface area (Å²) in [6, 6.07) is 15.7. The van der Waals surface area contributed by atoms with Crippen LogP contribution in [0.4, 0.5) is 4.39 Å². The zero-order valence-corrected chi connectivity index (χ0v) is 24.1. The molecule has 2 aromatic carbocycles. The number of amides is 1. The summed E-state index contributed by atoms with van der Waals surface area (Å²) in [6.07, 6.45) is 5.27. The van der Waals surface area contributed by atoms with Crippen molar-refractivity contribution >= 4 is 11.5 Å². The minimum atomic E-state index is -1.17. The molecule has 3 N–H and O–H groups in total. The van der Waals surface area contributed by atoms with E-state index in [9.17, 15) is 14.3 Å². The smallest absolute Gasteiger partial charge is 0.261 e. The number of pyridine rings is 1. The monoisotopic (exact) mass is 559 g/mol. The molecule has 0 aliphatic carbocycles. The van der Waals surface area contributed by atoms with Crippen LogP contribution in [0, 0.1) is 11.2 Å². The van der Waals surface area contributed by atoms with Gasteiger partial charge in [0.2, 0.25) is 0 Å². The van der Waals surface area contributed by atoms with Gasteiger partial charge in [0.05, 0.1) is 11.3 Å². The molecular formula is C33H38FN3O4. The van der Waals surface area contributed by atoms with E-state index in [0.717, 1.165) is 47.5 Å². The Morgan fingerprint density at radius 2 is 1.95 bits per heavy atom. The van der Waals surface area contributed by atoms with E-state index in [1.54, 1.807) is 38.2 Å². The highest BCUT2D eigenvalue weighted by molar-refractivity contribution is 5.85. The van der Waals surface area contributed by atoms with Crippen LogP contribution in [0.5, 0.6) is 11.5 Å². The predicted octanol–water partition coefficient (Wildman–Crippen LogP) is 5.20. The van der Waals surface area contributed by atoms with Crippen molar-refractivity contribution in [1.29, 1.82) is 0 Å². The minimum absolute atomic E-state index is 0.307. The fourth-order valence-electron chi connectivity index (χ4n) is 5.83. The summed E-state index contributed by atoms with van der Waals surface area (Å²) in [5, 5.41) is 11.7. The summed E-state index contributed by atoms with van der Waals surface area (Å²) in [5.41, 5.74) is 7.34. The van der Waals surface area contributed by atoms with Gasteiger partial charge >= 0.3 is 0 Å². The van der Waals surface area contributed by atoms with E-state index in [0.29, 0.717) is 31.1 Å². The van der Waals surface area contributed by atoms with Crippen LogP contribution in [-0.4, -0.2) is 46.1 Å². The van der Waals surface area contributed by atoms with Crippen molar-refractivity contribution in [2.75, 3.05) is 19.6 Å². The zero-order valence-electron chi connectivity index (χ0n) is 24.1. The van der Waals surface area contributed by atoms with Crippen LogP contribution in [0.25, 0.3) is 5.57 Å². The standard InChI is InChI=1S/C33H38FN3O4/c1-31(2)21-37(18-15-33(31,39)22-9-11-23(34)12-10-22)17-6-8-25-26-7-5-16-36-28(26)20-40-29-14-13-24(19-27(25)29)41-32(3,4)30(35)38/h5,7-14,16,19,39H,6,15,17-18,20-21H2,1-4H3,(H2,35,38)/b25-8+/t33-/m0/s1. The maximum Gasteiger partial charge on any atom is 0.261 e. The molecule has 7 nitrogen and oxygen atoms in total. The molecule has 0 unspecified atom stereocenters. The normalized spacial score (nSPS) is 21.4. The van der Waals surface area contributed by atoms with Gasteiger partial charge in [0.25, 0.3) is 5.91 Å². The van der Waals surface area contributed by atoms with Gasteiger partial charge in [0, 0.05) is 42.4 Å². The van der Waals surface area contributed by atoms with Crippen molar-refractivity contribution in [3.8, 4) is 11.5 Å². The fraction of sp³-hybridized carbons (Fsp3) is 0.394. The zero-order chi connectivity index (χ0) is 29.4. The number of ether oxygens (including phenoxy) is 2. The van der Waals surface area contributed by atoms with Gasteiger partial charge in [-0.25, -0.2) is 4.39 Å². The van der Waals surface area contributed by atoms with E-state index in [1.807, 2.05) is 24.3 Å². The number of carbonyl (C=O) groups excluding carboxylic acids is 1. The van der Waals surface area contributed by atoms with Crippen molar-refractivity contribution in [2.24, 2.45) is 11.1 Å². The van der Waals surface area contributed by atoms with E-state index in [-0.39, 0.29) is 5.82 Å². The van der Waals surface area contributed by atoms with Crippen LogP contribution >= 0.6 is 0 Å². The first-order chi connectivity index (χ1) is 19.4. The maximum absolute atomic E-state index is 13.5. The quantitative estimate of drug-likeness (QED) is 0.413. The second kappa shape index (κ2) is 10.9. The number of piperidine rings is 1. The Morgan fingerprint density at radius 3 is 2.66 bits per heavy atom. The summed E-state index contributed by atoms with van der Waals surface area (Å²) in [5.74, 6) is 0.372. The first-order valence-electron chi connectivity index (χ1n) is 14.0. The Balaban J connectivity index is 1.39. The molecule has 8 heteroatoms. The number of nitrogens with zero attached hydrogens (tertiary/aromatic N) is 2. The molecule has 0 saturated carbocycles.